The van der Waals surface area contributed by atoms with Crippen molar-refractivity contribution in [2.45, 2.75) is 37.4 Å². The van der Waals surface area contributed by atoms with E-state index in [2.05, 4.69) is 4.90 Å². The van der Waals surface area contributed by atoms with Crippen molar-refractivity contribution in [3.63, 3.8) is 0 Å². The molecule has 0 bridgehead atoms. The molecular formula is C13H24N4O2S. The number of likely N-dealkylation sites (N-methyl/N-ethyl adjacent to an activating group) is 1. The third-order valence-electron chi connectivity index (χ3n) is 4.00. The van der Waals surface area contributed by atoms with Crippen molar-refractivity contribution in [2.24, 2.45) is 5.73 Å². The summed E-state index contributed by atoms with van der Waals surface area (Å²) in [6.45, 7) is 4.20. The Kier molecular flexibility index (Phi) is 4.53. The molecule has 1 unspecified atom stereocenters. The SMILES string of the molecule is CCn1cc(S(=O)(=O)N2CCC(N(C)C)C2)cc1CN. The van der Waals surface area contributed by atoms with Crippen LogP contribution in [0.25, 0.3) is 0 Å². The van der Waals surface area contributed by atoms with Crippen molar-refractivity contribution >= 4 is 10.0 Å². The first-order valence-electron chi connectivity index (χ1n) is 6.95. The summed E-state index contributed by atoms with van der Waals surface area (Å²) in [7, 11) is 0.577. The number of nitrogens with zero attached hydrogens (tertiary/aromatic N) is 3. The fourth-order valence-corrected chi connectivity index (χ4v) is 4.19. The number of rotatable bonds is 5. The number of hydrogen-bond acceptors (Lipinski definition) is 4. The van der Waals surface area contributed by atoms with Crippen molar-refractivity contribution in [1.82, 2.24) is 13.8 Å². The van der Waals surface area contributed by atoms with Crippen molar-refractivity contribution < 1.29 is 8.42 Å². The van der Waals surface area contributed by atoms with E-state index in [4.69, 9.17) is 5.73 Å². The lowest BCUT2D eigenvalue weighted by Gasteiger charge is -2.19. The summed E-state index contributed by atoms with van der Waals surface area (Å²) in [5.41, 5.74) is 6.52. The second kappa shape index (κ2) is 5.85. The molecule has 2 N–H and O–H groups in total. The van der Waals surface area contributed by atoms with Crippen LogP contribution in [0.5, 0.6) is 0 Å². The van der Waals surface area contributed by atoms with Gasteiger partial charge in [-0.15, -0.1) is 0 Å². The average Bonchev–Trinajstić information content (AvgIpc) is 3.05. The summed E-state index contributed by atoms with van der Waals surface area (Å²) < 4.78 is 28.8. The van der Waals surface area contributed by atoms with Gasteiger partial charge in [-0.25, -0.2) is 8.42 Å². The van der Waals surface area contributed by atoms with Gasteiger partial charge in [-0.05, 0) is 33.5 Å². The molecule has 0 radical (unpaired) electrons. The standard InChI is InChI=1S/C13H24N4O2S/c1-4-16-10-13(7-12(16)8-14)20(18,19)17-6-5-11(9-17)15(2)3/h7,10-11H,4-6,8-9,14H2,1-3H3. The summed E-state index contributed by atoms with van der Waals surface area (Å²) in [5.74, 6) is 0. The highest BCUT2D eigenvalue weighted by atomic mass is 32.2. The van der Waals surface area contributed by atoms with Gasteiger partial charge < -0.3 is 15.2 Å². The van der Waals surface area contributed by atoms with E-state index in [0.717, 1.165) is 18.7 Å². The monoisotopic (exact) mass is 300 g/mol. The molecule has 6 nitrogen and oxygen atoms in total. The zero-order valence-corrected chi connectivity index (χ0v) is 13.2. The van der Waals surface area contributed by atoms with Crippen LogP contribution in [-0.4, -0.2) is 55.4 Å². The van der Waals surface area contributed by atoms with Gasteiger partial charge in [-0.1, -0.05) is 0 Å². The lowest BCUT2D eigenvalue weighted by Crippen LogP contribution is -2.34. The molecule has 1 aromatic rings. The maximum atomic E-state index is 12.7. The minimum absolute atomic E-state index is 0.298. The molecule has 2 heterocycles. The summed E-state index contributed by atoms with van der Waals surface area (Å²) in [6, 6.07) is 1.99. The molecule has 0 aliphatic carbocycles. The molecule has 114 valence electrons. The summed E-state index contributed by atoms with van der Waals surface area (Å²) >= 11 is 0. The molecule has 0 saturated carbocycles. The second-order valence-corrected chi connectivity index (χ2v) is 7.36. The molecule has 1 saturated heterocycles. The third kappa shape index (κ3) is 2.76. The Morgan fingerprint density at radius 3 is 2.60 bits per heavy atom. The highest BCUT2D eigenvalue weighted by Crippen LogP contribution is 2.24. The van der Waals surface area contributed by atoms with Crippen molar-refractivity contribution in [3.8, 4) is 0 Å². The van der Waals surface area contributed by atoms with Gasteiger partial charge in [0.15, 0.2) is 0 Å². The van der Waals surface area contributed by atoms with Gasteiger partial charge in [-0.3, -0.25) is 0 Å². The largest absolute Gasteiger partial charge is 0.349 e. The first-order valence-corrected chi connectivity index (χ1v) is 8.39. The van der Waals surface area contributed by atoms with Gasteiger partial charge in [-0.2, -0.15) is 4.31 Å². The average molecular weight is 300 g/mol. The van der Waals surface area contributed by atoms with E-state index in [9.17, 15) is 8.42 Å². The molecule has 20 heavy (non-hydrogen) atoms. The highest BCUT2D eigenvalue weighted by Gasteiger charge is 2.34. The fraction of sp³-hybridized carbons (Fsp3) is 0.692. The summed E-state index contributed by atoms with van der Waals surface area (Å²) in [5, 5.41) is 0. The number of sulfonamides is 1. The first-order chi connectivity index (χ1) is 9.40. The quantitative estimate of drug-likeness (QED) is 0.848. The van der Waals surface area contributed by atoms with Gasteiger partial charge in [0.05, 0.1) is 0 Å². The molecular weight excluding hydrogens is 276 g/mol. The van der Waals surface area contributed by atoms with E-state index in [1.807, 2.05) is 25.6 Å². The van der Waals surface area contributed by atoms with E-state index in [1.54, 1.807) is 16.6 Å². The Bertz CT molecular complexity index is 543. The summed E-state index contributed by atoms with van der Waals surface area (Å²) in [6.07, 6.45) is 2.57. The minimum atomic E-state index is -3.40. The van der Waals surface area contributed by atoms with Gasteiger partial charge in [0.1, 0.15) is 4.90 Å². The Balaban J connectivity index is 2.25. The van der Waals surface area contributed by atoms with Crippen LogP contribution in [0.4, 0.5) is 0 Å². The highest BCUT2D eigenvalue weighted by molar-refractivity contribution is 7.89. The van der Waals surface area contributed by atoms with E-state index >= 15 is 0 Å². The number of hydrogen-bond donors (Lipinski definition) is 1. The van der Waals surface area contributed by atoms with E-state index < -0.39 is 10.0 Å². The normalized spacial score (nSPS) is 20.9. The molecule has 1 aliphatic heterocycles. The Hall–Kier alpha value is -0.890. The van der Waals surface area contributed by atoms with E-state index in [1.165, 1.54) is 0 Å². The molecule has 2 rings (SSSR count). The lowest BCUT2D eigenvalue weighted by atomic mass is 10.2. The van der Waals surface area contributed by atoms with E-state index in [0.29, 0.717) is 30.6 Å². The number of nitrogens with two attached hydrogens (primary N) is 1. The maximum Gasteiger partial charge on any atom is 0.244 e. The van der Waals surface area contributed by atoms with Gasteiger partial charge in [0.25, 0.3) is 0 Å². The molecule has 1 fully saturated rings. The van der Waals surface area contributed by atoms with Crippen LogP contribution in [0, 0.1) is 0 Å². The zero-order valence-electron chi connectivity index (χ0n) is 12.4. The van der Waals surface area contributed by atoms with Crippen molar-refractivity contribution in [1.29, 1.82) is 0 Å². The number of aromatic nitrogens is 1. The first kappa shape index (κ1) is 15.5. The van der Waals surface area contributed by atoms with Crippen molar-refractivity contribution in [2.75, 3.05) is 27.2 Å². The molecule has 0 spiro atoms. The van der Waals surface area contributed by atoms with Gasteiger partial charge in [0.2, 0.25) is 10.0 Å². The van der Waals surface area contributed by atoms with Gasteiger partial charge in [0, 0.05) is 44.1 Å². The predicted molar refractivity (Wildman–Crippen MR) is 78.8 cm³/mol. The zero-order chi connectivity index (χ0) is 14.9. The molecule has 0 amide bonds. The van der Waals surface area contributed by atoms with Crippen molar-refractivity contribution in [3.05, 3.63) is 18.0 Å². The molecule has 7 heteroatoms. The molecule has 1 atom stereocenters. The van der Waals surface area contributed by atoms with Crippen LogP contribution >= 0.6 is 0 Å². The van der Waals surface area contributed by atoms with Crippen LogP contribution in [0.2, 0.25) is 0 Å². The van der Waals surface area contributed by atoms with Crippen LogP contribution in [0.3, 0.4) is 0 Å². The summed E-state index contributed by atoms with van der Waals surface area (Å²) in [4.78, 5) is 2.44. The van der Waals surface area contributed by atoms with Crippen LogP contribution in [-0.2, 0) is 23.1 Å². The Morgan fingerprint density at radius 2 is 2.15 bits per heavy atom. The van der Waals surface area contributed by atoms with Gasteiger partial charge >= 0.3 is 0 Å². The lowest BCUT2D eigenvalue weighted by molar-refractivity contribution is 0.302. The molecule has 1 aliphatic rings. The number of aryl methyl sites for hydroxylation is 1. The Labute approximate surface area is 121 Å². The third-order valence-corrected chi connectivity index (χ3v) is 5.84. The topological polar surface area (TPSA) is 71.6 Å². The van der Waals surface area contributed by atoms with Crippen LogP contribution in [0.1, 0.15) is 19.0 Å². The van der Waals surface area contributed by atoms with Crippen LogP contribution in [0.15, 0.2) is 17.2 Å². The second-order valence-electron chi connectivity index (χ2n) is 5.43. The Morgan fingerprint density at radius 1 is 1.45 bits per heavy atom. The smallest absolute Gasteiger partial charge is 0.244 e. The molecule has 0 aromatic carbocycles. The maximum absolute atomic E-state index is 12.7. The molecule has 1 aromatic heterocycles. The van der Waals surface area contributed by atoms with Crippen LogP contribution < -0.4 is 5.73 Å². The van der Waals surface area contributed by atoms with E-state index in [-0.39, 0.29) is 0 Å². The minimum Gasteiger partial charge on any atom is -0.349 e. The fourth-order valence-electron chi connectivity index (χ4n) is 2.63. The predicted octanol–water partition coefficient (Wildman–Crippen LogP) is 0.291.